The number of anilines is 1. The number of nitrogens with zero attached hydrogens (tertiary/aromatic N) is 2. The van der Waals surface area contributed by atoms with Gasteiger partial charge < -0.3 is 19.7 Å². The van der Waals surface area contributed by atoms with Gasteiger partial charge in [-0.2, -0.15) is 5.10 Å². The van der Waals surface area contributed by atoms with Crippen molar-refractivity contribution in [2.75, 3.05) is 18.0 Å². The minimum absolute atomic E-state index is 0.101. The van der Waals surface area contributed by atoms with E-state index in [1.807, 2.05) is 31.2 Å². The van der Waals surface area contributed by atoms with Gasteiger partial charge in [0.05, 0.1) is 0 Å². The number of ether oxygens (including phenoxy) is 2. The molecular weight excluding hydrogens is 356 g/mol. The summed E-state index contributed by atoms with van der Waals surface area (Å²) in [6, 6.07) is 9.81. The third kappa shape index (κ3) is 3.41. The zero-order chi connectivity index (χ0) is 19.1. The summed E-state index contributed by atoms with van der Waals surface area (Å²) in [5.74, 6) is 2.93. The summed E-state index contributed by atoms with van der Waals surface area (Å²) in [7, 11) is 0. The number of hydrogen-bond acceptors (Lipinski definition) is 5. The van der Waals surface area contributed by atoms with Crippen molar-refractivity contribution >= 4 is 11.7 Å². The molecule has 7 nitrogen and oxygen atoms in total. The maximum absolute atomic E-state index is 12.8. The quantitative estimate of drug-likeness (QED) is 0.850. The molecule has 3 heterocycles. The van der Waals surface area contributed by atoms with E-state index in [9.17, 15) is 4.79 Å². The van der Waals surface area contributed by atoms with Gasteiger partial charge in [-0.1, -0.05) is 12.1 Å². The lowest BCUT2D eigenvalue weighted by atomic mass is 10.0. The molecule has 1 aliphatic carbocycles. The lowest BCUT2D eigenvalue weighted by molar-refractivity contribution is -0.134. The SMILES string of the molecule is CC1Oc2ccccc2OC1C(=O)NC1CCN(c2cc(C3CC3)[nH]n2)CC1. The fourth-order valence-electron chi connectivity index (χ4n) is 4.03. The van der Waals surface area contributed by atoms with Crippen LogP contribution in [0, 0.1) is 0 Å². The first-order valence-corrected chi connectivity index (χ1v) is 10.2. The van der Waals surface area contributed by atoms with E-state index in [0.717, 1.165) is 31.7 Å². The summed E-state index contributed by atoms with van der Waals surface area (Å²) in [5, 5.41) is 10.8. The van der Waals surface area contributed by atoms with Crippen molar-refractivity contribution in [3.05, 3.63) is 36.0 Å². The van der Waals surface area contributed by atoms with E-state index in [1.165, 1.54) is 18.5 Å². The standard InChI is InChI=1S/C21H26N4O3/c1-13-20(28-18-5-3-2-4-17(18)27-13)21(26)22-15-8-10-25(11-9-15)19-12-16(23-24-19)14-6-7-14/h2-5,12-15,20H,6-11H2,1H3,(H,22,26)(H,23,24). The minimum Gasteiger partial charge on any atom is -0.482 e. The molecule has 2 aliphatic heterocycles. The molecule has 2 fully saturated rings. The maximum atomic E-state index is 12.8. The molecule has 1 amide bonds. The van der Waals surface area contributed by atoms with E-state index >= 15 is 0 Å². The Balaban J connectivity index is 1.15. The molecular formula is C21H26N4O3. The Bertz CT molecular complexity index is 855. The van der Waals surface area contributed by atoms with Gasteiger partial charge in [0.15, 0.2) is 17.3 Å². The van der Waals surface area contributed by atoms with Gasteiger partial charge in [0.1, 0.15) is 6.10 Å². The second-order valence-corrected chi connectivity index (χ2v) is 8.03. The zero-order valence-corrected chi connectivity index (χ0v) is 16.1. The number of aromatic amines is 1. The van der Waals surface area contributed by atoms with Crippen molar-refractivity contribution in [1.29, 1.82) is 0 Å². The van der Waals surface area contributed by atoms with Crippen LogP contribution in [-0.4, -0.2) is 47.4 Å². The summed E-state index contributed by atoms with van der Waals surface area (Å²) < 4.78 is 11.8. The number of carbonyl (C=O) groups excluding carboxylic acids is 1. The Morgan fingerprint density at radius 2 is 1.86 bits per heavy atom. The number of fused-ring (bicyclic) bond motifs is 1. The van der Waals surface area contributed by atoms with Crippen LogP contribution in [0.1, 0.15) is 44.2 Å². The van der Waals surface area contributed by atoms with E-state index < -0.39 is 6.10 Å². The molecule has 3 aliphatic rings. The van der Waals surface area contributed by atoms with Gasteiger partial charge in [-0.3, -0.25) is 9.89 Å². The number of nitrogens with one attached hydrogen (secondary N) is 2. The van der Waals surface area contributed by atoms with Crippen LogP contribution in [0.4, 0.5) is 5.82 Å². The van der Waals surface area contributed by atoms with Crippen LogP contribution in [0.15, 0.2) is 30.3 Å². The summed E-state index contributed by atoms with van der Waals surface area (Å²) in [6.45, 7) is 3.65. The Morgan fingerprint density at radius 1 is 1.14 bits per heavy atom. The number of carbonyl (C=O) groups is 1. The summed E-state index contributed by atoms with van der Waals surface area (Å²) in [6.07, 6.45) is 3.39. The highest BCUT2D eigenvalue weighted by Crippen LogP contribution is 2.40. The Kier molecular flexibility index (Phi) is 4.37. The molecule has 2 aromatic rings. The summed E-state index contributed by atoms with van der Waals surface area (Å²) in [4.78, 5) is 15.1. The van der Waals surface area contributed by atoms with Crippen LogP contribution in [0.25, 0.3) is 0 Å². The molecule has 7 heteroatoms. The molecule has 1 saturated carbocycles. The summed E-state index contributed by atoms with van der Waals surface area (Å²) >= 11 is 0. The number of rotatable bonds is 4. The zero-order valence-electron chi connectivity index (χ0n) is 16.1. The van der Waals surface area contributed by atoms with Crippen LogP contribution in [0.3, 0.4) is 0 Å². The number of aromatic nitrogens is 2. The van der Waals surface area contributed by atoms with E-state index in [4.69, 9.17) is 9.47 Å². The predicted molar refractivity (Wildman–Crippen MR) is 105 cm³/mol. The fourth-order valence-corrected chi connectivity index (χ4v) is 4.03. The molecule has 0 radical (unpaired) electrons. The van der Waals surface area contributed by atoms with Crippen molar-refractivity contribution in [2.45, 2.75) is 56.8 Å². The van der Waals surface area contributed by atoms with Crippen molar-refractivity contribution in [3.63, 3.8) is 0 Å². The molecule has 2 N–H and O–H groups in total. The van der Waals surface area contributed by atoms with Crippen molar-refractivity contribution in [3.8, 4) is 11.5 Å². The molecule has 148 valence electrons. The fraction of sp³-hybridized carbons (Fsp3) is 0.524. The van der Waals surface area contributed by atoms with Crippen LogP contribution in [-0.2, 0) is 4.79 Å². The molecule has 2 atom stereocenters. The van der Waals surface area contributed by atoms with E-state index in [0.29, 0.717) is 17.4 Å². The van der Waals surface area contributed by atoms with Crippen LogP contribution in [0.2, 0.25) is 0 Å². The Morgan fingerprint density at radius 3 is 2.57 bits per heavy atom. The molecule has 28 heavy (non-hydrogen) atoms. The first kappa shape index (κ1) is 17.4. The lowest BCUT2D eigenvalue weighted by Gasteiger charge is -2.35. The average molecular weight is 382 g/mol. The van der Waals surface area contributed by atoms with E-state index in [1.54, 1.807) is 0 Å². The largest absolute Gasteiger partial charge is 0.482 e. The number of hydrogen-bond donors (Lipinski definition) is 2. The summed E-state index contributed by atoms with van der Waals surface area (Å²) in [5.41, 5.74) is 1.26. The van der Waals surface area contributed by atoms with Crippen LogP contribution in [0.5, 0.6) is 11.5 Å². The van der Waals surface area contributed by atoms with E-state index in [-0.39, 0.29) is 18.1 Å². The molecule has 1 aromatic heterocycles. The maximum Gasteiger partial charge on any atom is 0.265 e. The van der Waals surface area contributed by atoms with Crippen LogP contribution >= 0.6 is 0 Å². The topological polar surface area (TPSA) is 79.5 Å². The van der Waals surface area contributed by atoms with Gasteiger partial charge in [0.25, 0.3) is 5.91 Å². The lowest BCUT2D eigenvalue weighted by Crippen LogP contribution is -2.53. The third-order valence-corrected chi connectivity index (χ3v) is 5.87. The predicted octanol–water partition coefficient (Wildman–Crippen LogP) is 2.60. The molecule has 0 spiro atoms. The molecule has 0 bridgehead atoms. The second-order valence-electron chi connectivity index (χ2n) is 8.03. The van der Waals surface area contributed by atoms with Gasteiger partial charge in [-0.15, -0.1) is 0 Å². The van der Waals surface area contributed by atoms with Gasteiger partial charge in [0, 0.05) is 36.8 Å². The van der Waals surface area contributed by atoms with Gasteiger partial charge in [-0.25, -0.2) is 0 Å². The molecule has 1 saturated heterocycles. The van der Waals surface area contributed by atoms with E-state index in [2.05, 4.69) is 26.5 Å². The van der Waals surface area contributed by atoms with Crippen molar-refractivity contribution < 1.29 is 14.3 Å². The Labute approximate surface area is 164 Å². The van der Waals surface area contributed by atoms with Gasteiger partial charge >= 0.3 is 0 Å². The first-order chi connectivity index (χ1) is 13.7. The second kappa shape index (κ2) is 7.04. The molecule has 5 rings (SSSR count). The normalized spacial score (nSPS) is 24.8. The number of piperidine rings is 1. The highest BCUT2D eigenvalue weighted by atomic mass is 16.6. The van der Waals surface area contributed by atoms with Crippen LogP contribution < -0.4 is 19.7 Å². The molecule has 2 unspecified atom stereocenters. The van der Waals surface area contributed by atoms with Gasteiger partial charge in [0.2, 0.25) is 6.10 Å². The first-order valence-electron chi connectivity index (χ1n) is 10.2. The number of H-pyrrole nitrogens is 1. The monoisotopic (exact) mass is 382 g/mol. The average Bonchev–Trinajstić information content (AvgIpc) is 3.45. The Hall–Kier alpha value is -2.70. The van der Waals surface area contributed by atoms with Gasteiger partial charge in [-0.05, 0) is 44.7 Å². The third-order valence-electron chi connectivity index (χ3n) is 5.87. The number of para-hydroxylation sites is 2. The highest BCUT2D eigenvalue weighted by Gasteiger charge is 2.35. The van der Waals surface area contributed by atoms with Crippen molar-refractivity contribution in [1.82, 2.24) is 15.5 Å². The number of benzene rings is 1. The van der Waals surface area contributed by atoms with Crippen molar-refractivity contribution in [2.24, 2.45) is 0 Å². The minimum atomic E-state index is -0.625. The highest BCUT2D eigenvalue weighted by molar-refractivity contribution is 5.82. The smallest absolute Gasteiger partial charge is 0.265 e. The molecule has 1 aromatic carbocycles. The number of amides is 1.